The molecule has 0 bridgehead atoms. The molecule has 1 aromatic heterocycles. The zero-order valence-electron chi connectivity index (χ0n) is 17.6. The van der Waals surface area contributed by atoms with E-state index in [2.05, 4.69) is 0 Å². The van der Waals surface area contributed by atoms with Crippen LogP contribution in [0.25, 0.3) is 5.57 Å². The summed E-state index contributed by atoms with van der Waals surface area (Å²) in [6.45, 7) is 0. The third-order valence-electron chi connectivity index (χ3n) is 6.34. The van der Waals surface area contributed by atoms with Crippen LogP contribution in [-0.4, -0.2) is 10.9 Å². The average molecular weight is 421 g/mol. The van der Waals surface area contributed by atoms with E-state index >= 15 is 0 Å². The summed E-state index contributed by atoms with van der Waals surface area (Å²) in [6, 6.07) is 32.4. The normalized spacial score (nSPS) is 22.8. The van der Waals surface area contributed by atoms with Gasteiger partial charge in [-0.1, -0.05) is 91.0 Å². The van der Waals surface area contributed by atoms with Crippen molar-refractivity contribution in [3.63, 3.8) is 0 Å². The maximum absolute atomic E-state index is 13.9. The molecule has 0 saturated carbocycles. The highest BCUT2D eigenvalue weighted by Gasteiger charge is 2.50. The predicted octanol–water partition coefficient (Wildman–Crippen LogP) is 6.24. The summed E-state index contributed by atoms with van der Waals surface area (Å²) in [4.78, 5) is 13.9. The van der Waals surface area contributed by atoms with Crippen LogP contribution < -0.4 is 0 Å². The van der Waals surface area contributed by atoms with E-state index in [4.69, 9.17) is 4.42 Å². The van der Waals surface area contributed by atoms with Gasteiger partial charge in [0.2, 0.25) is 0 Å². The number of rotatable bonds is 5. The highest BCUT2D eigenvalue weighted by atomic mass is 16.3. The van der Waals surface area contributed by atoms with Crippen LogP contribution in [0.5, 0.6) is 0 Å². The van der Waals surface area contributed by atoms with Crippen molar-refractivity contribution in [3.8, 4) is 0 Å². The lowest BCUT2D eigenvalue weighted by atomic mass is 9.63. The second kappa shape index (κ2) is 8.45. The Labute approximate surface area is 187 Å². The number of aliphatic hydroxyl groups is 1. The molecule has 0 spiro atoms. The molecule has 0 saturated heterocycles. The first-order chi connectivity index (χ1) is 15.7. The van der Waals surface area contributed by atoms with Crippen LogP contribution in [0.15, 0.2) is 120 Å². The minimum absolute atomic E-state index is 0.0956. The Hall–Kier alpha value is -3.69. The molecule has 4 aromatic rings. The van der Waals surface area contributed by atoms with Crippen molar-refractivity contribution in [2.75, 3.05) is 0 Å². The van der Waals surface area contributed by atoms with Gasteiger partial charge in [-0.05, 0) is 41.3 Å². The first-order valence-corrected chi connectivity index (χ1v) is 10.8. The van der Waals surface area contributed by atoms with E-state index in [0.29, 0.717) is 23.3 Å². The molecule has 3 aromatic carbocycles. The second-order valence-electron chi connectivity index (χ2n) is 8.26. The van der Waals surface area contributed by atoms with E-state index in [1.165, 1.54) is 0 Å². The van der Waals surface area contributed by atoms with E-state index in [1.54, 1.807) is 6.26 Å². The maximum Gasteiger partial charge on any atom is 0.170 e. The Morgan fingerprint density at radius 3 is 2.06 bits per heavy atom. The summed E-state index contributed by atoms with van der Waals surface area (Å²) in [5.74, 6) is -0.439. The summed E-state index contributed by atoms with van der Waals surface area (Å²) < 4.78 is 5.81. The van der Waals surface area contributed by atoms with Crippen LogP contribution in [-0.2, 0) is 5.60 Å². The number of Topliss-reactive ketones (excluding diaryl/α,β-unsaturated/α-hetero) is 1. The Bertz CT molecular complexity index is 1210. The molecule has 3 nitrogen and oxygen atoms in total. The molecule has 3 heteroatoms. The van der Waals surface area contributed by atoms with Gasteiger partial charge in [0.1, 0.15) is 11.4 Å². The van der Waals surface area contributed by atoms with Gasteiger partial charge < -0.3 is 9.52 Å². The molecule has 0 amide bonds. The number of allylic oxidation sites excluding steroid dienone is 1. The first kappa shape index (κ1) is 20.2. The zero-order valence-corrected chi connectivity index (χ0v) is 17.6. The quantitative estimate of drug-likeness (QED) is 0.389. The van der Waals surface area contributed by atoms with E-state index < -0.39 is 11.5 Å². The van der Waals surface area contributed by atoms with Crippen molar-refractivity contribution in [2.45, 2.75) is 17.9 Å². The summed E-state index contributed by atoms with van der Waals surface area (Å²) >= 11 is 0. The molecule has 1 aliphatic rings. The molecule has 1 aliphatic carbocycles. The highest BCUT2D eigenvalue weighted by molar-refractivity contribution is 6.00. The summed E-state index contributed by atoms with van der Waals surface area (Å²) in [6.07, 6.45) is 4.10. The Kier molecular flexibility index (Phi) is 5.34. The van der Waals surface area contributed by atoms with Gasteiger partial charge in [-0.15, -0.1) is 0 Å². The van der Waals surface area contributed by atoms with Crippen LogP contribution in [0, 0.1) is 5.92 Å². The molecular weight excluding hydrogens is 396 g/mol. The molecule has 0 radical (unpaired) electrons. The number of furan rings is 1. The van der Waals surface area contributed by atoms with Gasteiger partial charge in [0.25, 0.3) is 0 Å². The van der Waals surface area contributed by atoms with Crippen molar-refractivity contribution in [2.24, 2.45) is 5.92 Å². The van der Waals surface area contributed by atoms with Crippen LogP contribution in [0.2, 0.25) is 0 Å². The smallest absolute Gasteiger partial charge is 0.170 e. The molecule has 0 fully saturated rings. The molecular formula is C29H24O3. The number of carbonyl (C=O) groups is 1. The fourth-order valence-corrected chi connectivity index (χ4v) is 4.83. The molecule has 5 rings (SSSR count). The standard InChI is InChI=1S/C29H24O3/c30-28(22-13-6-2-7-14-22)27-25(26-17-10-18-32-26)19-23(21-11-4-1-5-12-21)20-29(27,31)24-15-8-3-9-16-24/h1-18,20,25,27,31H,19H2. The Balaban J connectivity index is 1.73. The molecule has 1 heterocycles. The molecule has 32 heavy (non-hydrogen) atoms. The number of hydrogen-bond donors (Lipinski definition) is 1. The highest BCUT2D eigenvalue weighted by Crippen LogP contribution is 2.51. The first-order valence-electron chi connectivity index (χ1n) is 10.8. The van der Waals surface area contributed by atoms with Gasteiger partial charge in [0, 0.05) is 11.5 Å². The van der Waals surface area contributed by atoms with Gasteiger partial charge >= 0.3 is 0 Å². The SMILES string of the molecule is O=C(c1ccccc1)C1C(c2ccco2)CC(c2ccccc2)=CC1(O)c1ccccc1. The van der Waals surface area contributed by atoms with E-state index in [-0.39, 0.29) is 11.7 Å². The topological polar surface area (TPSA) is 50.4 Å². The van der Waals surface area contributed by atoms with Crippen molar-refractivity contribution >= 4 is 11.4 Å². The number of benzene rings is 3. The van der Waals surface area contributed by atoms with Gasteiger partial charge in [-0.3, -0.25) is 4.79 Å². The lowest BCUT2D eigenvalue weighted by Gasteiger charge is -2.42. The Morgan fingerprint density at radius 2 is 1.44 bits per heavy atom. The Morgan fingerprint density at radius 1 is 0.812 bits per heavy atom. The van der Waals surface area contributed by atoms with Crippen LogP contribution >= 0.6 is 0 Å². The second-order valence-corrected chi connectivity index (χ2v) is 8.26. The van der Waals surface area contributed by atoms with Crippen LogP contribution in [0.1, 0.15) is 39.6 Å². The van der Waals surface area contributed by atoms with Gasteiger partial charge in [-0.25, -0.2) is 0 Å². The van der Waals surface area contributed by atoms with Crippen LogP contribution in [0.4, 0.5) is 0 Å². The summed E-state index contributed by atoms with van der Waals surface area (Å²) in [5.41, 5.74) is 1.81. The molecule has 1 N–H and O–H groups in total. The molecule has 3 atom stereocenters. The minimum atomic E-state index is -1.49. The molecule has 158 valence electrons. The number of hydrogen-bond acceptors (Lipinski definition) is 3. The van der Waals surface area contributed by atoms with Crippen molar-refractivity contribution in [3.05, 3.63) is 138 Å². The summed E-state index contributed by atoms with van der Waals surface area (Å²) in [5, 5.41) is 12.3. The third-order valence-corrected chi connectivity index (χ3v) is 6.34. The third kappa shape index (κ3) is 3.61. The van der Waals surface area contributed by atoms with Crippen molar-refractivity contribution < 1.29 is 14.3 Å². The maximum atomic E-state index is 13.9. The fraction of sp³-hybridized carbons (Fsp3) is 0.138. The minimum Gasteiger partial charge on any atom is -0.469 e. The van der Waals surface area contributed by atoms with Crippen molar-refractivity contribution in [1.82, 2.24) is 0 Å². The predicted molar refractivity (Wildman–Crippen MR) is 125 cm³/mol. The number of carbonyl (C=O) groups excluding carboxylic acids is 1. The monoisotopic (exact) mass is 420 g/mol. The molecule has 0 aliphatic heterocycles. The van der Waals surface area contributed by atoms with Gasteiger partial charge in [-0.2, -0.15) is 0 Å². The lowest BCUT2D eigenvalue weighted by molar-refractivity contribution is 0.00836. The van der Waals surface area contributed by atoms with Crippen molar-refractivity contribution in [1.29, 1.82) is 0 Å². The van der Waals surface area contributed by atoms with E-state index in [1.807, 2.05) is 109 Å². The van der Waals surface area contributed by atoms with Gasteiger partial charge in [0.05, 0.1) is 12.2 Å². The number of ketones is 1. The van der Waals surface area contributed by atoms with Gasteiger partial charge in [0.15, 0.2) is 5.78 Å². The van der Waals surface area contributed by atoms with E-state index in [0.717, 1.165) is 11.1 Å². The fourth-order valence-electron chi connectivity index (χ4n) is 4.83. The zero-order chi connectivity index (χ0) is 22.0. The van der Waals surface area contributed by atoms with E-state index in [9.17, 15) is 9.90 Å². The molecule has 3 unspecified atom stereocenters. The largest absolute Gasteiger partial charge is 0.469 e. The lowest BCUT2D eigenvalue weighted by Crippen LogP contribution is -2.44. The average Bonchev–Trinajstić information content (AvgIpc) is 3.40. The van der Waals surface area contributed by atoms with Crippen LogP contribution in [0.3, 0.4) is 0 Å². The summed E-state index contributed by atoms with van der Waals surface area (Å²) in [7, 11) is 0.